The molecule has 0 unspecified atom stereocenters. The van der Waals surface area contributed by atoms with Crippen LogP contribution in [0.3, 0.4) is 0 Å². The number of hydrogen-bond acceptors (Lipinski definition) is 3. The third-order valence-corrected chi connectivity index (χ3v) is 7.78. The molecule has 0 spiro atoms. The zero-order chi connectivity index (χ0) is 17.9. The standard InChI is InChI=1S/C19H12Br2O2S2/c1-8-9(2)24-14-7-11(20)6-12(16(8)14)17-13(21)4-3-10-5-15(19(22)23)25-18(10)17/h3-7H,1-2H3,(H,22,23). The summed E-state index contributed by atoms with van der Waals surface area (Å²) in [7, 11) is 0. The minimum absolute atomic E-state index is 0.360. The van der Waals surface area contributed by atoms with Gasteiger partial charge < -0.3 is 5.11 Å². The van der Waals surface area contributed by atoms with Gasteiger partial charge in [0.1, 0.15) is 4.88 Å². The van der Waals surface area contributed by atoms with Crippen molar-refractivity contribution >= 4 is 80.7 Å². The molecule has 126 valence electrons. The summed E-state index contributed by atoms with van der Waals surface area (Å²) in [6.45, 7) is 4.29. The largest absolute Gasteiger partial charge is 0.477 e. The van der Waals surface area contributed by atoms with Crippen molar-refractivity contribution in [3.63, 3.8) is 0 Å². The second-order valence-electron chi connectivity index (χ2n) is 5.87. The molecule has 0 radical (unpaired) electrons. The number of aromatic carboxylic acids is 1. The maximum atomic E-state index is 11.4. The molecule has 0 saturated carbocycles. The molecule has 6 heteroatoms. The molecule has 0 saturated heterocycles. The van der Waals surface area contributed by atoms with Crippen molar-refractivity contribution in [3.05, 3.63) is 54.6 Å². The minimum Gasteiger partial charge on any atom is -0.477 e. The lowest BCUT2D eigenvalue weighted by molar-refractivity contribution is 0.0702. The van der Waals surface area contributed by atoms with Crippen molar-refractivity contribution in [2.45, 2.75) is 13.8 Å². The lowest BCUT2D eigenvalue weighted by atomic mass is 9.98. The van der Waals surface area contributed by atoms with Crippen LogP contribution in [0.2, 0.25) is 0 Å². The SMILES string of the molecule is Cc1sc2cc(Br)cc(-c3c(Br)ccc4cc(C(=O)O)sc34)c2c1C. The van der Waals surface area contributed by atoms with E-state index in [4.69, 9.17) is 0 Å². The lowest BCUT2D eigenvalue weighted by Crippen LogP contribution is -1.89. The fourth-order valence-electron chi connectivity index (χ4n) is 3.10. The van der Waals surface area contributed by atoms with Crippen molar-refractivity contribution in [3.8, 4) is 11.1 Å². The highest BCUT2D eigenvalue weighted by Crippen LogP contribution is 2.46. The number of carboxylic acids is 1. The topological polar surface area (TPSA) is 37.3 Å². The van der Waals surface area contributed by atoms with Gasteiger partial charge in [-0.3, -0.25) is 0 Å². The molecule has 0 atom stereocenters. The van der Waals surface area contributed by atoms with E-state index in [1.807, 2.05) is 12.1 Å². The summed E-state index contributed by atoms with van der Waals surface area (Å²) in [5.74, 6) is -0.884. The molecule has 4 rings (SSSR count). The van der Waals surface area contributed by atoms with Crippen molar-refractivity contribution in [2.75, 3.05) is 0 Å². The summed E-state index contributed by atoms with van der Waals surface area (Å²) < 4.78 is 4.23. The zero-order valence-electron chi connectivity index (χ0n) is 13.3. The van der Waals surface area contributed by atoms with Crippen LogP contribution in [0.1, 0.15) is 20.1 Å². The Morgan fingerprint density at radius 3 is 2.56 bits per heavy atom. The number of benzene rings is 2. The highest BCUT2D eigenvalue weighted by Gasteiger charge is 2.19. The van der Waals surface area contributed by atoms with Crippen LogP contribution in [0.5, 0.6) is 0 Å². The molecular weight excluding hydrogens is 484 g/mol. The Morgan fingerprint density at radius 2 is 1.84 bits per heavy atom. The number of carbonyl (C=O) groups is 1. The molecule has 4 aromatic rings. The Kier molecular flexibility index (Phi) is 4.27. The first-order valence-electron chi connectivity index (χ1n) is 7.51. The van der Waals surface area contributed by atoms with E-state index in [0.29, 0.717) is 4.88 Å². The molecule has 0 bridgehead atoms. The van der Waals surface area contributed by atoms with E-state index >= 15 is 0 Å². The Bertz CT molecular complexity index is 1170. The van der Waals surface area contributed by atoms with Gasteiger partial charge >= 0.3 is 5.97 Å². The van der Waals surface area contributed by atoms with Gasteiger partial charge in [0.15, 0.2) is 0 Å². The van der Waals surface area contributed by atoms with Crippen LogP contribution in [-0.4, -0.2) is 11.1 Å². The van der Waals surface area contributed by atoms with Gasteiger partial charge in [-0.05, 0) is 54.6 Å². The Labute approximate surface area is 169 Å². The molecule has 0 aliphatic carbocycles. The van der Waals surface area contributed by atoms with Crippen LogP contribution in [-0.2, 0) is 0 Å². The molecule has 2 aromatic carbocycles. The van der Waals surface area contributed by atoms with Gasteiger partial charge in [0.2, 0.25) is 0 Å². The summed E-state index contributed by atoms with van der Waals surface area (Å²) in [5.41, 5.74) is 3.46. The summed E-state index contributed by atoms with van der Waals surface area (Å²) in [4.78, 5) is 13.1. The van der Waals surface area contributed by atoms with E-state index in [1.165, 1.54) is 31.9 Å². The van der Waals surface area contributed by atoms with Gasteiger partial charge in [-0.25, -0.2) is 4.79 Å². The van der Waals surface area contributed by atoms with Gasteiger partial charge in [0.05, 0.1) is 0 Å². The highest BCUT2D eigenvalue weighted by atomic mass is 79.9. The minimum atomic E-state index is -0.884. The number of rotatable bonds is 2. The monoisotopic (exact) mass is 494 g/mol. The molecule has 25 heavy (non-hydrogen) atoms. The van der Waals surface area contributed by atoms with E-state index in [0.717, 1.165) is 30.2 Å². The van der Waals surface area contributed by atoms with Crippen LogP contribution < -0.4 is 0 Å². The maximum absolute atomic E-state index is 11.4. The smallest absolute Gasteiger partial charge is 0.345 e. The van der Waals surface area contributed by atoms with Crippen molar-refractivity contribution in [1.82, 2.24) is 0 Å². The lowest BCUT2D eigenvalue weighted by Gasteiger charge is -2.10. The number of thiophene rings is 2. The molecular formula is C19H12Br2O2S2. The fraction of sp³-hybridized carbons (Fsp3) is 0.105. The third-order valence-electron chi connectivity index (χ3n) is 4.35. The van der Waals surface area contributed by atoms with E-state index in [-0.39, 0.29) is 0 Å². The molecule has 0 fully saturated rings. The molecule has 2 heterocycles. The van der Waals surface area contributed by atoms with E-state index < -0.39 is 5.97 Å². The van der Waals surface area contributed by atoms with Gasteiger partial charge in [-0.2, -0.15) is 0 Å². The summed E-state index contributed by atoms with van der Waals surface area (Å²) in [5, 5.41) is 11.6. The van der Waals surface area contributed by atoms with Gasteiger partial charge in [0.25, 0.3) is 0 Å². The average molecular weight is 496 g/mol. The predicted molar refractivity (Wildman–Crippen MR) is 114 cm³/mol. The number of halogens is 2. The van der Waals surface area contributed by atoms with Crippen LogP contribution >= 0.6 is 54.5 Å². The molecule has 1 N–H and O–H groups in total. The molecule has 2 aromatic heterocycles. The number of carboxylic acid groups (broad SMARTS) is 1. The second-order valence-corrected chi connectivity index (χ2v) is 9.94. The second kappa shape index (κ2) is 6.20. The van der Waals surface area contributed by atoms with Gasteiger partial charge in [0, 0.05) is 34.2 Å². The van der Waals surface area contributed by atoms with E-state index in [1.54, 1.807) is 17.4 Å². The highest BCUT2D eigenvalue weighted by molar-refractivity contribution is 9.11. The van der Waals surface area contributed by atoms with Crippen molar-refractivity contribution in [1.29, 1.82) is 0 Å². The Balaban J connectivity index is 2.16. The maximum Gasteiger partial charge on any atom is 0.345 e. The zero-order valence-corrected chi connectivity index (χ0v) is 18.1. The number of aryl methyl sites for hydroxylation is 2. The summed E-state index contributed by atoms with van der Waals surface area (Å²) >= 11 is 10.4. The summed E-state index contributed by atoms with van der Waals surface area (Å²) in [6, 6.07) is 9.99. The average Bonchev–Trinajstić information content (AvgIpc) is 3.08. The third kappa shape index (κ3) is 2.76. The normalized spacial score (nSPS) is 11.5. The first-order chi connectivity index (χ1) is 11.9. The van der Waals surface area contributed by atoms with Gasteiger partial charge in [-0.1, -0.05) is 37.9 Å². The Morgan fingerprint density at radius 1 is 1.08 bits per heavy atom. The van der Waals surface area contributed by atoms with E-state index in [2.05, 4.69) is 57.8 Å². The van der Waals surface area contributed by atoms with Crippen molar-refractivity contribution in [2.24, 2.45) is 0 Å². The van der Waals surface area contributed by atoms with Crippen LogP contribution in [0.25, 0.3) is 31.3 Å². The molecule has 0 amide bonds. The number of fused-ring (bicyclic) bond motifs is 2. The molecule has 0 aliphatic heterocycles. The van der Waals surface area contributed by atoms with Crippen molar-refractivity contribution < 1.29 is 9.90 Å². The Hall–Kier alpha value is -1.21. The van der Waals surface area contributed by atoms with E-state index in [9.17, 15) is 9.90 Å². The predicted octanol–water partition coefficient (Wildman–Crippen LogP) is 7.62. The first kappa shape index (κ1) is 17.2. The van der Waals surface area contributed by atoms with Crippen LogP contribution in [0.4, 0.5) is 0 Å². The molecule has 0 aliphatic rings. The van der Waals surface area contributed by atoms with Gasteiger partial charge in [-0.15, -0.1) is 22.7 Å². The quantitative estimate of drug-likeness (QED) is 0.310. The van der Waals surface area contributed by atoms with Crippen LogP contribution in [0, 0.1) is 13.8 Å². The molecule has 2 nitrogen and oxygen atoms in total. The fourth-order valence-corrected chi connectivity index (χ4v) is 6.58. The first-order valence-corrected chi connectivity index (χ1v) is 10.7. The number of hydrogen-bond donors (Lipinski definition) is 1. The summed E-state index contributed by atoms with van der Waals surface area (Å²) in [6.07, 6.45) is 0. The van der Waals surface area contributed by atoms with Crippen LogP contribution in [0.15, 0.2) is 39.3 Å².